The average Bonchev–Trinajstić information content (AvgIpc) is 3.49. The number of unbranched alkanes of at least 4 members (excludes halogenated alkanes) is 26. The van der Waals surface area contributed by atoms with Gasteiger partial charge in [0, 0.05) is 19.3 Å². The molecule has 0 aliphatic carbocycles. The van der Waals surface area contributed by atoms with Crippen molar-refractivity contribution in [1.29, 1.82) is 0 Å². The van der Waals surface area contributed by atoms with Gasteiger partial charge >= 0.3 is 17.9 Å². The molecule has 6 nitrogen and oxygen atoms in total. The van der Waals surface area contributed by atoms with Crippen LogP contribution in [0.4, 0.5) is 0 Å². The predicted octanol–water partition coefficient (Wildman–Crippen LogP) is 23.9. The van der Waals surface area contributed by atoms with E-state index in [1.54, 1.807) is 0 Å². The maximum absolute atomic E-state index is 13.0. The third-order valence-electron chi connectivity index (χ3n) is 14.3. The molecule has 0 heterocycles. The first-order valence-corrected chi connectivity index (χ1v) is 34.3. The third kappa shape index (κ3) is 68.0. The molecule has 0 spiro atoms. The van der Waals surface area contributed by atoms with Crippen LogP contribution in [-0.2, 0) is 28.6 Å². The smallest absolute Gasteiger partial charge is 0.306 e. The first kappa shape index (κ1) is 78.3. The quantitative estimate of drug-likeness (QED) is 0.0261. The first-order chi connectivity index (χ1) is 41.0. The normalized spacial score (nSPS) is 13.0. The highest BCUT2D eigenvalue weighted by Gasteiger charge is 2.19. The van der Waals surface area contributed by atoms with E-state index in [9.17, 15) is 14.4 Å². The van der Waals surface area contributed by atoms with Gasteiger partial charge < -0.3 is 14.2 Å². The lowest BCUT2D eigenvalue weighted by Gasteiger charge is -2.18. The Labute approximate surface area is 512 Å². The largest absolute Gasteiger partial charge is 0.462 e. The zero-order chi connectivity index (χ0) is 59.9. The molecule has 0 N–H and O–H groups in total. The number of rotatable bonds is 61. The summed E-state index contributed by atoms with van der Waals surface area (Å²) in [7, 11) is 0. The molecule has 1 unspecified atom stereocenters. The fourth-order valence-electron chi connectivity index (χ4n) is 9.23. The summed E-state index contributed by atoms with van der Waals surface area (Å²) in [6.07, 6.45) is 99.9. The number of allylic oxidation sites excluding steroid dienone is 24. The molecule has 83 heavy (non-hydrogen) atoms. The average molecular weight is 1150 g/mol. The van der Waals surface area contributed by atoms with Crippen molar-refractivity contribution in [2.45, 2.75) is 309 Å². The van der Waals surface area contributed by atoms with E-state index in [0.717, 1.165) is 154 Å². The fourth-order valence-corrected chi connectivity index (χ4v) is 9.23. The molecule has 1 atom stereocenters. The second-order valence-electron chi connectivity index (χ2n) is 22.3. The molecule has 0 saturated heterocycles. The molecule has 0 aromatic heterocycles. The molecule has 0 aliphatic heterocycles. The van der Waals surface area contributed by atoms with Crippen LogP contribution < -0.4 is 0 Å². The number of carbonyl (C=O) groups is 3. The van der Waals surface area contributed by atoms with Gasteiger partial charge in [0.1, 0.15) is 13.2 Å². The van der Waals surface area contributed by atoms with E-state index >= 15 is 0 Å². The second kappa shape index (κ2) is 69.8. The molecule has 0 saturated carbocycles. The molecule has 470 valence electrons. The van der Waals surface area contributed by atoms with Gasteiger partial charge in [-0.1, -0.05) is 289 Å². The maximum atomic E-state index is 13.0. The molecule has 6 heteroatoms. The summed E-state index contributed by atoms with van der Waals surface area (Å²) in [6.45, 7) is 6.40. The van der Waals surface area contributed by atoms with E-state index in [2.05, 4.69) is 167 Å². The van der Waals surface area contributed by atoms with E-state index in [-0.39, 0.29) is 31.1 Å². The Morgan fingerprint density at radius 1 is 0.253 bits per heavy atom. The van der Waals surface area contributed by atoms with Crippen LogP contribution >= 0.6 is 0 Å². The lowest BCUT2D eigenvalue weighted by atomic mass is 10.1. The lowest BCUT2D eigenvalue weighted by molar-refractivity contribution is -0.167. The van der Waals surface area contributed by atoms with Gasteiger partial charge in [0.15, 0.2) is 6.10 Å². The maximum Gasteiger partial charge on any atom is 0.306 e. The molecular formula is C77H126O6. The Hall–Kier alpha value is -4.71. The van der Waals surface area contributed by atoms with Crippen LogP contribution in [-0.4, -0.2) is 37.2 Å². The van der Waals surface area contributed by atoms with Crippen molar-refractivity contribution in [3.05, 3.63) is 146 Å². The minimum atomic E-state index is -0.801. The number of carbonyl (C=O) groups excluding carboxylic acids is 3. The number of hydrogen-bond acceptors (Lipinski definition) is 6. The molecule has 0 aromatic carbocycles. The highest BCUT2D eigenvalue weighted by Crippen LogP contribution is 2.15. The van der Waals surface area contributed by atoms with Crippen LogP contribution in [0.15, 0.2) is 146 Å². The third-order valence-corrected chi connectivity index (χ3v) is 14.3. The van der Waals surface area contributed by atoms with E-state index < -0.39 is 6.10 Å². The zero-order valence-electron chi connectivity index (χ0n) is 53.9. The van der Waals surface area contributed by atoms with Crippen molar-refractivity contribution >= 4 is 17.9 Å². The molecule has 0 rings (SSSR count). The molecule has 0 bridgehead atoms. The minimum absolute atomic E-state index is 0.0939. The molecular weight excluding hydrogens is 1020 g/mol. The summed E-state index contributed by atoms with van der Waals surface area (Å²) in [5.74, 6) is -0.921. The van der Waals surface area contributed by atoms with E-state index in [0.29, 0.717) is 19.3 Å². The van der Waals surface area contributed by atoms with Crippen LogP contribution in [0.5, 0.6) is 0 Å². The van der Waals surface area contributed by atoms with Crippen molar-refractivity contribution in [2.75, 3.05) is 13.2 Å². The van der Waals surface area contributed by atoms with Gasteiger partial charge in [-0.05, 0) is 141 Å². The first-order valence-electron chi connectivity index (χ1n) is 34.3. The molecule has 0 aromatic rings. The van der Waals surface area contributed by atoms with E-state index in [4.69, 9.17) is 14.2 Å². The monoisotopic (exact) mass is 1150 g/mol. The van der Waals surface area contributed by atoms with Gasteiger partial charge in [0.2, 0.25) is 0 Å². The molecule has 0 aliphatic rings. The van der Waals surface area contributed by atoms with E-state index in [1.807, 2.05) is 0 Å². The SMILES string of the molecule is CC/C=C\C/C=C\C/C=C\C/C=C\C/C=C\C/C=C\C/C=C\CCCCCCCC(=O)OCC(COC(=O)CCCCCCCCC/C=C\CCCCCCCC)OC(=O)CCCCCCCCCC/C=C\C/C=C\C/C=C\C/C=C\CC. The van der Waals surface area contributed by atoms with Crippen molar-refractivity contribution in [2.24, 2.45) is 0 Å². The molecule has 0 fully saturated rings. The fraction of sp³-hybridized carbons (Fsp3) is 0.649. The van der Waals surface area contributed by atoms with Gasteiger partial charge in [-0.3, -0.25) is 14.4 Å². The van der Waals surface area contributed by atoms with Crippen molar-refractivity contribution in [1.82, 2.24) is 0 Å². The van der Waals surface area contributed by atoms with Gasteiger partial charge in [0.25, 0.3) is 0 Å². The molecule has 0 amide bonds. The highest BCUT2D eigenvalue weighted by atomic mass is 16.6. The Kier molecular flexibility index (Phi) is 65.8. The highest BCUT2D eigenvalue weighted by molar-refractivity contribution is 5.71. The summed E-state index contributed by atoms with van der Waals surface area (Å²) >= 11 is 0. The van der Waals surface area contributed by atoms with Crippen LogP contribution in [0.3, 0.4) is 0 Å². The van der Waals surface area contributed by atoms with Gasteiger partial charge in [-0.15, -0.1) is 0 Å². The number of ether oxygens (including phenoxy) is 3. The number of esters is 3. The van der Waals surface area contributed by atoms with Crippen LogP contribution in [0.1, 0.15) is 303 Å². The van der Waals surface area contributed by atoms with Gasteiger partial charge in [-0.2, -0.15) is 0 Å². The second-order valence-corrected chi connectivity index (χ2v) is 22.3. The lowest BCUT2D eigenvalue weighted by Crippen LogP contribution is -2.30. The number of hydrogen-bond donors (Lipinski definition) is 0. The Morgan fingerprint density at radius 2 is 0.470 bits per heavy atom. The minimum Gasteiger partial charge on any atom is -0.462 e. The van der Waals surface area contributed by atoms with Gasteiger partial charge in [-0.25, -0.2) is 0 Å². The summed E-state index contributed by atoms with van der Waals surface area (Å²) in [6, 6.07) is 0. The van der Waals surface area contributed by atoms with Gasteiger partial charge in [0.05, 0.1) is 0 Å². The van der Waals surface area contributed by atoms with Crippen molar-refractivity contribution in [3.63, 3.8) is 0 Å². The van der Waals surface area contributed by atoms with Crippen LogP contribution in [0.25, 0.3) is 0 Å². The zero-order valence-corrected chi connectivity index (χ0v) is 53.9. The summed E-state index contributed by atoms with van der Waals surface area (Å²) in [5.41, 5.74) is 0. The standard InChI is InChI=1S/C77H126O6/c1-4-7-10-13-16-19-22-25-28-31-33-35-36-37-38-39-40-42-43-46-49-52-55-58-61-64-67-70-76(79)82-73-74(72-81-75(78)69-66-63-60-57-54-51-48-45-30-27-24-21-18-15-12-9-6-3)83-77(80)71-68-65-62-59-56-53-50-47-44-41-34-32-29-26-23-20-17-14-11-8-5-2/h7-8,10-11,16-17,19-20,25-30,33-35,37-38,40-42,46,49,74H,4-6,9,12-15,18,21-24,31-32,36,39,43-45,47-48,50-73H2,1-3H3/b10-7-,11-8-,19-16-,20-17-,28-25-,29-26-,30-27-,35-33-,38-37-,41-34-,42-40-,49-46-. The van der Waals surface area contributed by atoms with E-state index in [1.165, 1.54) is 109 Å². The molecule has 0 radical (unpaired) electrons. The van der Waals surface area contributed by atoms with Crippen molar-refractivity contribution in [3.8, 4) is 0 Å². The van der Waals surface area contributed by atoms with Crippen LogP contribution in [0.2, 0.25) is 0 Å². The Morgan fingerprint density at radius 3 is 0.747 bits per heavy atom. The predicted molar refractivity (Wildman–Crippen MR) is 362 cm³/mol. The summed E-state index contributed by atoms with van der Waals surface area (Å²) in [5, 5.41) is 0. The Bertz CT molecular complexity index is 1800. The van der Waals surface area contributed by atoms with Crippen LogP contribution in [0, 0.1) is 0 Å². The summed E-state index contributed by atoms with van der Waals surface area (Å²) in [4.78, 5) is 38.5. The van der Waals surface area contributed by atoms with Crippen molar-refractivity contribution < 1.29 is 28.6 Å². The summed E-state index contributed by atoms with van der Waals surface area (Å²) < 4.78 is 17.0. The Balaban J connectivity index is 4.45. The topological polar surface area (TPSA) is 78.9 Å².